The Labute approximate surface area is 159 Å². The quantitative estimate of drug-likeness (QED) is 0.717. The summed E-state index contributed by atoms with van der Waals surface area (Å²) < 4.78 is 38.4. The molecule has 146 valence electrons. The van der Waals surface area contributed by atoms with Crippen LogP contribution < -0.4 is 19.5 Å². The Balaban J connectivity index is 2.32. The summed E-state index contributed by atoms with van der Waals surface area (Å²) in [6.45, 7) is 3.72. The third-order valence-corrected chi connectivity index (χ3v) is 5.53. The van der Waals surface area contributed by atoms with Gasteiger partial charge in [-0.25, -0.2) is 8.42 Å². The molecule has 1 amide bonds. The fourth-order valence-corrected chi connectivity index (χ4v) is 3.54. The van der Waals surface area contributed by atoms with Crippen LogP contribution in [-0.4, -0.2) is 28.5 Å². The molecule has 2 N–H and O–H groups in total. The van der Waals surface area contributed by atoms with Gasteiger partial charge in [-0.1, -0.05) is 13.8 Å². The van der Waals surface area contributed by atoms with Gasteiger partial charge >= 0.3 is 0 Å². The first-order chi connectivity index (χ1) is 12.8. The maximum Gasteiger partial charge on any atom is 0.265 e. The van der Waals surface area contributed by atoms with Gasteiger partial charge in [0.05, 0.1) is 14.2 Å². The second-order valence-corrected chi connectivity index (χ2v) is 7.65. The largest absolute Gasteiger partial charge is 0.497 e. The Hall–Kier alpha value is -2.74. The molecule has 27 heavy (non-hydrogen) atoms. The minimum atomic E-state index is -3.93. The number of nitrogens with one attached hydrogen (secondary N) is 2. The summed E-state index contributed by atoms with van der Waals surface area (Å²) in [6.07, 6.45) is 0.687. The fourth-order valence-electron chi connectivity index (χ4n) is 2.28. The molecule has 0 saturated carbocycles. The van der Waals surface area contributed by atoms with E-state index in [9.17, 15) is 13.2 Å². The van der Waals surface area contributed by atoms with Crippen molar-refractivity contribution in [3.63, 3.8) is 0 Å². The highest BCUT2D eigenvalue weighted by atomic mass is 32.2. The number of carbonyl (C=O) groups excluding carboxylic acids is 1. The van der Waals surface area contributed by atoms with Crippen LogP contribution in [-0.2, 0) is 14.8 Å². The Morgan fingerprint density at radius 2 is 1.67 bits per heavy atom. The molecule has 0 saturated heterocycles. The Bertz CT molecular complexity index is 895. The van der Waals surface area contributed by atoms with E-state index in [0.29, 0.717) is 23.5 Å². The molecular formula is C19H24N2O5S. The maximum atomic E-state index is 12.8. The molecule has 1 atom stereocenters. The lowest BCUT2D eigenvalue weighted by molar-refractivity contribution is -0.119. The lowest BCUT2D eigenvalue weighted by Gasteiger charge is -2.15. The van der Waals surface area contributed by atoms with E-state index < -0.39 is 10.0 Å². The molecule has 0 bridgehead atoms. The van der Waals surface area contributed by atoms with Gasteiger partial charge in [-0.3, -0.25) is 9.52 Å². The van der Waals surface area contributed by atoms with Crippen molar-refractivity contribution < 1.29 is 22.7 Å². The Morgan fingerprint density at radius 1 is 1.04 bits per heavy atom. The zero-order valence-electron chi connectivity index (χ0n) is 15.8. The van der Waals surface area contributed by atoms with Crippen LogP contribution in [0.5, 0.6) is 11.5 Å². The first-order valence-corrected chi connectivity index (χ1v) is 9.94. The number of anilines is 2. The molecule has 0 aliphatic heterocycles. The van der Waals surface area contributed by atoms with E-state index in [2.05, 4.69) is 10.0 Å². The molecular weight excluding hydrogens is 368 g/mol. The highest BCUT2D eigenvalue weighted by Crippen LogP contribution is 2.29. The van der Waals surface area contributed by atoms with Crippen molar-refractivity contribution in [3.8, 4) is 11.5 Å². The van der Waals surface area contributed by atoms with Gasteiger partial charge in [-0.05, 0) is 48.9 Å². The molecule has 0 heterocycles. The number of carbonyl (C=O) groups is 1. The second kappa shape index (κ2) is 8.77. The van der Waals surface area contributed by atoms with E-state index in [1.54, 1.807) is 30.3 Å². The summed E-state index contributed by atoms with van der Waals surface area (Å²) in [7, 11) is -1.01. The molecule has 1 unspecified atom stereocenters. The molecule has 0 aliphatic carbocycles. The zero-order chi connectivity index (χ0) is 20.0. The second-order valence-electron chi connectivity index (χ2n) is 6.00. The SMILES string of the molecule is CCC(C)C(=O)Nc1ccc(OC)c(S(=O)(=O)Nc2ccc(OC)cc2)c1. The van der Waals surface area contributed by atoms with Crippen molar-refractivity contribution in [1.29, 1.82) is 0 Å². The van der Waals surface area contributed by atoms with Crippen molar-refractivity contribution >= 4 is 27.3 Å². The number of methoxy groups -OCH3 is 2. The van der Waals surface area contributed by atoms with E-state index in [1.165, 1.54) is 26.4 Å². The lowest BCUT2D eigenvalue weighted by atomic mass is 10.1. The number of rotatable bonds is 8. The van der Waals surface area contributed by atoms with Crippen LogP contribution in [0.15, 0.2) is 47.4 Å². The first kappa shape index (κ1) is 20.6. The van der Waals surface area contributed by atoms with Gasteiger partial charge in [-0.2, -0.15) is 0 Å². The van der Waals surface area contributed by atoms with E-state index in [1.807, 2.05) is 13.8 Å². The third kappa shape index (κ3) is 5.13. The number of benzene rings is 2. The molecule has 0 aromatic heterocycles. The minimum absolute atomic E-state index is 0.0669. The number of hydrogen-bond acceptors (Lipinski definition) is 5. The molecule has 0 aliphatic rings. The molecule has 0 spiro atoms. The van der Waals surface area contributed by atoms with Crippen molar-refractivity contribution in [1.82, 2.24) is 0 Å². The molecule has 2 aromatic carbocycles. The normalized spacial score (nSPS) is 12.1. The fraction of sp³-hybridized carbons (Fsp3) is 0.316. The number of sulfonamides is 1. The zero-order valence-corrected chi connectivity index (χ0v) is 16.6. The molecule has 7 nitrogen and oxygen atoms in total. The summed E-state index contributed by atoms with van der Waals surface area (Å²) >= 11 is 0. The van der Waals surface area contributed by atoms with Crippen molar-refractivity contribution in [2.24, 2.45) is 5.92 Å². The molecule has 8 heteroatoms. The van der Waals surface area contributed by atoms with Gasteiger partial charge in [0, 0.05) is 17.3 Å². The van der Waals surface area contributed by atoms with Crippen LogP contribution in [0.1, 0.15) is 20.3 Å². The lowest BCUT2D eigenvalue weighted by Crippen LogP contribution is -2.20. The highest BCUT2D eigenvalue weighted by Gasteiger charge is 2.21. The smallest absolute Gasteiger partial charge is 0.265 e. The maximum absolute atomic E-state index is 12.8. The van der Waals surface area contributed by atoms with Gasteiger partial charge in [0.1, 0.15) is 16.4 Å². The van der Waals surface area contributed by atoms with E-state index >= 15 is 0 Å². The summed E-state index contributed by atoms with van der Waals surface area (Å²) in [6, 6.07) is 11.0. The van der Waals surface area contributed by atoms with Gasteiger partial charge in [0.2, 0.25) is 5.91 Å². The van der Waals surface area contributed by atoms with E-state index in [0.717, 1.165) is 0 Å². The van der Waals surface area contributed by atoms with Crippen molar-refractivity contribution in [2.45, 2.75) is 25.2 Å². The van der Waals surface area contributed by atoms with Crippen LogP contribution in [0.2, 0.25) is 0 Å². The van der Waals surface area contributed by atoms with Crippen LogP contribution in [0, 0.1) is 5.92 Å². The summed E-state index contributed by atoms with van der Waals surface area (Å²) in [5, 5.41) is 2.73. The number of hydrogen-bond donors (Lipinski definition) is 2. The van der Waals surface area contributed by atoms with Crippen LogP contribution in [0.25, 0.3) is 0 Å². The van der Waals surface area contributed by atoms with Crippen LogP contribution >= 0.6 is 0 Å². The minimum Gasteiger partial charge on any atom is -0.497 e. The Kier molecular flexibility index (Phi) is 6.68. The van der Waals surface area contributed by atoms with Crippen LogP contribution in [0.4, 0.5) is 11.4 Å². The molecule has 0 radical (unpaired) electrons. The van der Waals surface area contributed by atoms with Gasteiger partial charge in [-0.15, -0.1) is 0 Å². The summed E-state index contributed by atoms with van der Waals surface area (Å²) in [5.41, 5.74) is 0.767. The average Bonchev–Trinajstić information content (AvgIpc) is 2.67. The monoisotopic (exact) mass is 392 g/mol. The van der Waals surface area contributed by atoms with Crippen molar-refractivity contribution in [3.05, 3.63) is 42.5 Å². The molecule has 2 aromatic rings. The van der Waals surface area contributed by atoms with Gasteiger partial charge in [0.25, 0.3) is 10.0 Å². The number of ether oxygens (including phenoxy) is 2. The number of amides is 1. The van der Waals surface area contributed by atoms with Gasteiger partial charge < -0.3 is 14.8 Å². The van der Waals surface area contributed by atoms with E-state index in [4.69, 9.17) is 9.47 Å². The average molecular weight is 392 g/mol. The summed E-state index contributed by atoms with van der Waals surface area (Å²) in [5.74, 6) is 0.446. The standard InChI is InChI=1S/C19H24N2O5S/c1-5-13(2)19(22)20-15-8-11-17(26-4)18(12-15)27(23,24)21-14-6-9-16(25-3)10-7-14/h6-13,21H,5H2,1-4H3,(H,20,22). The predicted octanol–water partition coefficient (Wildman–Crippen LogP) is 3.49. The van der Waals surface area contributed by atoms with Gasteiger partial charge in [0.15, 0.2) is 0 Å². The first-order valence-electron chi connectivity index (χ1n) is 8.46. The van der Waals surface area contributed by atoms with E-state index in [-0.39, 0.29) is 22.5 Å². The molecule has 2 rings (SSSR count). The third-order valence-electron chi connectivity index (χ3n) is 4.12. The summed E-state index contributed by atoms with van der Waals surface area (Å²) in [4.78, 5) is 12.0. The van der Waals surface area contributed by atoms with Crippen LogP contribution in [0.3, 0.4) is 0 Å². The highest BCUT2D eigenvalue weighted by molar-refractivity contribution is 7.92. The topological polar surface area (TPSA) is 93.7 Å². The molecule has 0 fully saturated rings. The predicted molar refractivity (Wildman–Crippen MR) is 105 cm³/mol. The Morgan fingerprint density at radius 3 is 2.22 bits per heavy atom. The van der Waals surface area contributed by atoms with Crippen molar-refractivity contribution in [2.75, 3.05) is 24.3 Å².